The van der Waals surface area contributed by atoms with Crippen LogP contribution in [0.15, 0.2) is 18.2 Å². The third-order valence-electron chi connectivity index (χ3n) is 4.33. The van der Waals surface area contributed by atoms with Gasteiger partial charge in [-0.15, -0.1) is 0 Å². The normalized spacial score (nSPS) is 19.8. The van der Waals surface area contributed by atoms with Crippen molar-refractivity contribution in [2.45, 2.75) is 39.7 Å². The van der Waals surface area contributed by atoms with Crippen molar-refractivity contribution in [3.8, 4) is 5.75 Å². The molecule has 1 aromatic rings. The lowest BCUT2D eigenvalue weighted by Gasteiger charge is -2.33. The summed E-state index contributed by atoms with van der Waals surface area (Å²) < 4.78 is 5.73. The first-order valence-corrected chi connectivity index (χ1v) is 8.87. The van der Waals surface area contributed by atoms with Gasteiger partial charge in [-0.25, -0.2) is 0 Å². The summed E-state index contributed by atoms with van der Waals surface area (Å²) in [5.74, 6) is 0.958. The van der Waals surface area contributed by atoms with Gasteiger partial charge in [0.2, 0.25) is 5.91 Å². The number of piperidine rings is 1. The van der Waals surface area contributed by atoms with E-state index in [0.717, 1.165) is 36.3 Å². The lowest BCUT2D eigenvalue weighted by molar-refractivity contribution is -0.126. The van der Waals surface area contributed by atoms with Crippen LogP contribution in [0.1, 0.15) is 30.9 Å². The Hall–Kier alpha value is -1.59. The van der Waals surface area contributed by atoms with Gasteiger partial charge in [0.1, 0.15) is 18.5 Å². The molecule has 2 N–H and O–H groups in total. The van der Waals surface area contributed by atoms with Crippen LogP contribution in [0.25, 0.3) is 0 Å². The van der Waals surface area contributed by atoms with E-state index in [9.17, 15) is 9.90 Å². The Bertz CT molecular complexity index is 527. The quantitative estimate of drug-likeness (QED) is 0.799. The Kier molecular flexibility index (Phi) is 7.06. The van der Waals surface area contributed by atoms with Crippen molar-refractivity contribution in [2.24, 2.45) is 5.92 Å². The molecule has 24 heavy (non-hydrogen) atoms. The minimum absolute atomic E-state index is 0.0336. The number of rotatable bonds is 7. The van der Waals surface area contributed by atoms with Crippen LogP contribution in [0.2, 0.25) is 0 Å². The summed E-state index contributed by atoms with van der Waals surface area (Å²) in [5.41, 5.74) is 2.31. The van der Waals surface area contributed by atoms with Crippen LogP contribution in [0.3, 0.4) is 0 Å². The van der Waals surface area contributed by atoms with Crippen LogP contribution >= 0.6 is 0 Å². The molecule has 2 unspecified atom stereocenters. The maximum absolute atomic E-state index is 12.0. The molecule has 0 aromatic heterocycles. The number of β-amino-alcohol motifs (C(OH)–C–C–N with tert-alkyl or cyclic N) is 1. The molecule has 1 aliphatic rings. The predicted molar refractivity (Wildman–Crippen MR) is 95.3 cm³/mol. The Morgan fingerprint density at radius 1 is 1.38 bits per heavy atom. The Morgan fingerprint density at radius 3 is 2.75 bits per heavy atom. The second-order valence-corrected chi connectivity index (χ2v) is 6.78. The average molecular weight is 334 g/mol. The van der Waals surface area contributed by atoms with E-state index in [-0.39, 0.29) is 18.4 Å². The summed E-state index contributed by atoms with van der Waals surface area (Å²) >= 11 is 0. The molecule has 0 aliphatic carbocycles. The number of aliphatic hydroxyl groups is 1. The molecule has 1 amide bonds. The molecule has 2 rings (SSSR count). The maximum atomic E-state index is 12.0. The summed E-state index contributed by atoms with van der Waals surface area (Å²) in [5, 5.41) is 13.2. The van der Waals surface area contributed by atoms with Crippen molar-refractivity contribution < 1.29 is 14.6 Å². The van der Waals surface area contributed by atoms with Crippen LogP contribution in [0, 0.1) is 19.8 Å². The van der Waals surface area contributed by atoms with Gasteiger partial charge in [-0.3, -0.25) is 9.69 Å². The van der Waals surface area contributed by atoms with E-state index in [1.54, 1.807) is 0 Å². The van der Waals surface area contributed by atoms with Crippen LogP contribution in [-0.4, -0.2) is 54.8 Å². The van der Waals surface area contributed by atoms with E-state index < -0.39 is 6.10 Å². The SMILES string of the molecule is CCNC(=O)C1CCCN(CC(O)COc2cc(C)cc(C)c2)C1. The number of carbonyl (C=O) groups excluding carboxylic acids is 1. The van der Waals surface area contributed by atoms with Crippen molar-refractivity contribution in [3.05, 3.63) is 29.3 Å². The first kappa shape index (κ1) is 18.7. The topological polar surface area (TPSA) is 61.8 Å². The highest BCUT2D eigenvalue weighted by atomic mass is 16.5. The van der Waals surface area contributed by atoms with Crippen LogP contribution in [0.4, 0.5) is 0 Å². The average Bonchev–Trinajstić information content (AvgIpc) is 2.52. The largest absolute Gasteiger partial charge is 0.491 e. The molecule has 1 saturated heterocycles. The molecule has 5 nitrogen and oxygen atoms in total. The molecule has 1 heterocycles. The van der Waals surface area contributed by atoms with E-state index >= 15 is 0 Å². The molecular formula is C19H30N2O3. The zero-order chi connectivity index (χ0) is 17.5. The number of amides is 1. The van der Waals surface area contributed by atoms with Gasteiger partial charge in [0.15, 0.2) is 0 Å². The molecule has 0 saturated carbocycles. The number of hydrogen-bond acceptors (Lipinski definition) is 4. The predicted octanol–water partition coefficient (Wildman–Crippen LogP) is 1.89. The van der Waals surface area contributed by atoms with Crippen LogP contribution < -0.4 is 10.1 Å². The van der Waals surface area contributed by atoms with Gasteiger partial charge in [-0.1, -0.05) is 6.07 Å². The number of benzene rings is 1. The van der Waals surface area contributed by atoms with Gasteiger partial charge in [-0.05, 0) is 63.4 Å². The van der Waals surface area contributed by atoms with E-state index in [1.165, 1.54) is 0 Å². The maximum Gasteiger partial charge on any atom is 0.224 e. The van der Waals surface area contributed by atoms with Crippen molar-refractivity contribution in [1.82, 2.24) is 10.2 Å². The fourth-order valence-corrected chi connectivity index (χ4v) is 3.31. The van der Waals surface area contributed by atoms with E-state index in [2.05, 4.69) is 16.3 Å². The number of ether oxygens (including phenoxy) is 1. The van der Waals surface area contributed by atoms with Crippen molar-refractivity contribution in [3.63, 3.8) is 0 Å². The first-order chi connectivity index (χ1) is 11.5. The number of nitrogens with zero attached hydrogens (tertiary/aromatic N) is 1. The lowest BCUT2D eigenvalue weighted by atomic mass is 9.97. The van der Waals surface area contributed by atoms with Crippen LogP contribution in [0.5, 0.6) is 5.75 Å². The van der Waals surface area contributed by atoms with Crippen molar-refractivity contribution >= 4 is 5.91 Å². The molecule has 5 heteroatoms. The second-order valence-electron chi connectivity index (χ2n) is 6.78. The number of hydrogen-bond donors (Lipinski definition) is 2. The monoisotopic (exact) mass is 334 g/mol. The summed E-state index contributed by atoms with van der Waals surface area (Å²) in [4.78, 5) is 14.1. The molecule has 1 aliphatic heterocycles. The van der Waals surface area contributed by atoms with Gasteiger partial charge in [0.25, 0.3) is 0 Å². The van der Waals surface area contributed by atoms with Gasteiger partial charge >= 0.3 is 0 Å². The molecule has 1 fully saturated rings. The van der Waals surface area contributed by atoms with Gasteiger partial charge < -0.3 is 15.2 Å². The third kappa shape index (κ3) is 5.80. The number of nitrogens with one attached hydrogen (secondary N) is 1. The molecule has 0 spiro atoms. The first-order valence-electron chi connectivity index (χ1n) is 8.87. The molecule has 1 aromatic carbocycles. The number of aryl methyl sites for hydroxylation is 2. The van der Waals surface area contributed by atoms with Gasteiger partial charge in [-0.2, -0.15) is 0 Å². The fourth-order valence-electron chi connectivity index (χ4n) is 3.31. The Labute approximate surface area is 145 Å². The zero-order valence-electron chi connectivity index (χ0n) is 15.0. The lowest BCUT2D eigenvalue weighted by Crippen LogP contribution is -2.46. The molecule has 134 valence electrons. The highest BCUT2D eigenvalue weighted by Gasteiger charge is 2.26. The Balaban J connectivity index is 1.79. The second kappa shape index (κ2) is 9.04. The standard InChI is InChI=1S/C19H30N2O3/c1-4-20-19(23)16-6-5-7-21(11-16)12-17(22)13-24-18-9-14(2)8-15(3)10-18/h8-10,16-17,22H,4-7,11-13H2,1-3H3,(H,20,23). The summed E-state index contributed by atoms with van der Waals surface area (Å²) in [6.45, 7) is 9.13. The van der Waals surface area contributed by atoms with Crippen LogP contribution in [-0.2, 0) is 4.79 Å². The molecule has 2 atom stereocenters. The van der Waals surface area contributed by atoms with E-state index in [1.807, 2.05) is 32.9 Å². The minimum atomic E-state index is -0.557. The van der Waals surface area contributed by atoms with Crippen molar-refractivity contribution in [1.29, 1.82) is 0 Å². The Morgan fingerprint density at radius 2 is 2.08 bits per heavy atom. The highest BCUT2D eigenvalue weighted by Crippen LogP contribution is 2.18. The van der Waals surface area contributed by atoms with E-state index in [0.29, 0.717) is 19.6 Å². The summed E-state index contributed by atoms with van der Waals surface area (Å²) in [7, 11) is 0. The summed E-state index contributed by atoms with van der Waals surface area (Å²) in [6, 6.07) is 6.05. The fraction of sp³-hybridized carbons (Fsp3) is 0.632. The number of carbonyl (C=O) groups is 1. The zero-order valence-corrected chi connectivity index (χ0v) is 15.0. The van der Waals surface area contributed by atoms with Gasteiger partial charge in [0, 0.05) is 19.6 Å². The molecule has 0 bridgehead atoms. The molecule has 0 radical (unpaired) electrons. The third-order valence-corrected chi connectivity index (χ3v) is 4.33. The smallest absolute Gasteiger partial charge is 0.224 e. The van der Waals surface area contributed by atoms with Gasteiger partial charge in [0.05, 0.1) is 5.92 Å². The minimum Gasteiger partial charge on any atom is -0.491 e. The van der Waals surface area contributed by atoms with Crippen molar-refractivity contribution in [2.75, 3.05) is 32.8 Å². The molecular weight excluding hydrogens is 304 g/mol. The number of likely N-dealkylation sites (tertiary alicyclic amines) is 1. The number of aliphatic hydroxyl groups excluding tert-OH is 1. The highest BCUT2D eigenvalue weighted by molar-refractivity contribution is 5.78. The summed E-state index contributed by atoms with van der Waals surface area (Å²) in [6.07, 6.45) is 1.36. The van der Waals surface area contributed by atoms with E-state index in [4.69, 9.17) is 4.74 Å².